The van der Waals surface area contributed by atoms with Gasteiger partial charge in [0.2, 0.25) is 11.7 Å². The summed E-state index contributed by atoms with van der Waals surface area (Å²) in [5.74, 6) is 1.55. The van der Waals surface area contributed by atoms with Crippen LogP contribution in [0.5, 0.6) is 11.5 Å². The standard InChI is InChI=1S/C22H23N3O4/c1-14(2)16-7-9-17(10-8-16)21-22(25-29-24-21)23-20(26)12-6-15-5-11-18(27-3)19(13-15)28-4/h5-14H,1-4H3,(H,23,25,26). The minimum atomic E-state index is -0.351. The van der Waals surface area contributed by atoms with Gasteiger partial charge in [-0.05, 0) is 45.6 Å². The first kappa shape index (κ1) is 20.1. The monoisotopic (exact) mass is 393 g/mol. The molecule has 0 radical (unpaired) electrons. The van der Waals surface area contributed by atoms with Crippen LogP contribution in [0, 0.1) is 0 Å². The third-order valence-corrected chi connectivity index (χ3v) is 4.42. The smallest absolute Gasteiger partial charge is 0.249 e. The molecule has 0 fully saturated rings. The summed E-state index contributed by atoms with van der Waals surface area (Å²) in [7, 11) is 3.13. The van der Waals surface area contributed by atoms with Crippen molar-refractivity contribution in [3.8, 4) is 22.8 Å². The van der Waals surface area contributed by atoms with Crippen LogP contribution in [0.25, 0.3) is 17.3 Å². The number of rotatable bonds is 7. The topological polar surface area (TPSA) is 86.5 Å². The minimum absolute atomic E-state index is 0.268. The van der Waals surface area contributed by atoms with Crippen LogP contribution in [0.4, 0.5) is 5.82 Å². The third kappa shape index (κ3) is 4.82. The Morgan fingerprint density at radius 2 is 1.76 bits per heavy atom. The van der Waals surface area contributed by atoms with Crippen LogP contribution in [0.15, 0.2) is 53.2 Å². The van der Waals surface area contributed by atoms with Gasteiger partial charge in [-0.25, -0.2) is 4.63 Å². The maximum Gasteiger partial charge on any atom is 0.249 e. The molecule has 1 aromatic heterocycles. The van der Waals surface area contributed by atoms with Crippen molar-refractivity contribution in [2.24, 2.45) is 0 Å². The van der Waals surface area contributed by atoms with E-state index in [1.54, 1.807) is 32.4 Å². The van der Waals surface area contributed by atoms with Gasteiger partial charge in [-0.3, -0.25) is 4.79 Å². The van der Waals surface area contributed by atoms with Gasteiger partial charge in [0.05, 0.1) is 14.2 Å². The first-order chi connectivity index (χ1) is 14.0. The minimum Gasteiger partial charge on any atom is -0.493 e. The lowest BCUT2D eigenvalue weighted by atomic mass is 10.0. The van der Waals surface area contributed by atoms with Gasteiger partial charge in [-0.2, -0.15) is 0 Å². The predicted molar refractivity (Wildman–Crippen MR) is 111 cm³/mol. The van der Waals surface area contributed by atoms with Crippen LogP contribution >= 0.6 is 0 Å². The molecule has 0 bridgehead atoms. The average Bonchev–Trinajstić information content (AvgIpc) is 3.20. The number of aromatic nitrogens is 2. The van der Waals surface area contributed by atoms with Crippen LogP contribution in [-0.2, 0) is 4.79 Å². The molecule has 0 unspecified atom stereocenters. The number of anilines is 1. The number of carbonyl (C=O) groups is 1. The largest absolute Gasteiger partial charge is 0.493 e. The van der Waals surface area contributed by atoms with Crippen molar-refractivity contribution < 1.29 is 18.9 Å². The van der Waals surface area contributed by atoms with Crippen LogP contribution in [0.3, 0.4) is 0 Å². The van der Waals surface area contributed by atoms with Gasteiger partial charge in [-0.15, -0.1) is 0 Å². The molecule has 3 aromatic rings. The molecule has 1 N–H and O–H groups in total. The van der Waals surface area contributed by atoms with E-state index in [2.05, 4.69) is 29.5 Å². The molecule has 0 aliphatic rings. The highest BCUT2D eigenvalue weighted by Crippen LogP contribution is 2.28. The number of hydrogen-bond acceptors (Lipinski definition) is 6. The van der Waals surface area contributed by atoms with E-state index in [4.69, 9.17) is 14.1 Å². The van der Waals surface area contributed by atoms with E-state index in [1.165, 1.54) is 11.6 Å². The van der Waals surface area contributed by atoms with E-state index in [9.17, 15) is 4.79 Å². The molecule has 150 valence electrons. The zero-order valence-electron chi connectivity index (χ0n) is 16.8. The summed E-state index contributed by atoms with van der Waals surface area (Å²) in [6.07, 6.45) is 3.07. The number of ether oxygens (including phenoxy) is 2. The van der Waals surface area contributed by atoms with E-state index in [-0.39, 0.29) is 11.7 Å². The highest BCUT2D eigenvalue weighted by Gasteiger charge is 2.14. The summed E-state index contributed by atoms with van der Waals surface area (Å²) in [6.45, 7) is 4.26. The fourth-order valence-electron chi connectivity index (χ4n) is 2.77. The van der Waals surface area contributed by atoms with Gasteiger partial charge >= 0.3 is 0 Å². The summed E-state index contributed by atoms with van der Waals surface area (Å²) in [5, 5.41) is 10.4. The Balaban J connectivity index is 1.72. The summed E-state index contributed by atoms with van der Waals surface area (Å²) in [5.41, 5.74) is 3.30. The Bertz CT molecular complexity index is 1010. The first-order valence-electron chi connectivity index (χ1n) is 9.15. The number of nitrogens with one attached hydrogen (secondary N) is 1. The first-order valence-corrected chi connectivity index (χ1v) is 9.15. The molecule has 3 rings (SSSR count). The number of hydrogen-bond donors (Lipinski definition) is 1. The van der Waals surface area contributed by atoms with Crippen molar-refractivity contribution in [1.29, 1.82) is 0 Å². The lowest BCUT2D eigenvalue weighted by Crippen LogP contribution is -2.09. The van der Waals surface area contributed by atoms with Crippen LogP contribution in [-0.4, -0.2) is 30.4 Å². The molecule has 1 heterocycles. The van der Waals surface area contributed by atoms with E-state index in [0.29, 0.717) is 23.1 Å². The number of carbonyl (C=O) groups excluding carboxylic acids is 1. The fraction of sp³-hybridized carbons (Fsp3) is 0.227. The zero-order chi connectivity index (χ0) is 20.8. The van der Waals surface area contributed by atoms with E-state index < -0.39 is 0 Å². The van der Waals surface area contributed by atoms with Crippen molar-refractivity contribution >= 4 is 17.8 Å². The van der Waals surface area contributed by atoms with Gasteiger partial charge in [0.25, 0.3) is 0 Å². The molecule has 0 spiro atoms. The zero-order valence-corrected chi connectivity index (χ0v) is 16.8. The second-order valence-electron chi connectivity index (χ2n) is 6.68. The third-order valence-electron chi connectivity index (χ3n) is 4.42. The molecule has 29 heavy (non-hydrogen) atoms. The summed E-state index contributed by atoms with van der Waals surface area (Å²) >= 11 is 0. The highest BCUT2D eigenvalue weighted by atomic mass is 16.6. The molecular formula is C22H23N3O4. The molecule has 2 aromatic carbocycles. The van der Waals surface area contributed by atoms with E-state index in [0.717, 1.165) is 11.1 Å². The van der Waals surface area contributed by atoms with Gasteiger partial charge in [0.15, 0.2) is 17.2 Å². The van der Waals surface area contributed by atoms with Gasteiger partial charge in [0.1, 0.15) is 0 Å². The van der Waals surface area contributed by atoms with Crippen molar-refractivity contribution in [1.82, 2.24) is 10.3 Å². The normalized spacial score (nSPS) is 11.1. The van der Waals surface area contributed by atoms with Crippen LogP contribution in [0.2, 0.25) is 0 Å². The second-order valence-corrected chi connectivity index (χ2v) is 6.68. The lowest BCUT2D eigenvalue weighted by molar-refractivity contribution is -0.111. The molecule has 0 saturated heterocycles. The predicted octanol–water partition coefficient (Wildman–Crippen LogP) is 4.53. The fourth-order valence-corrected chi connectivity index (χ4v) is 2.77. The molecule has 0 aliphatic carbocycles. The summed E-state index contributed by atoms with van der Waals surface area (Å²) in [6, 6.07) is 13.3. The Hall–Kier alpha value is -3.61. The molecule has 1 amide bonds. The Labute approximate surface area is 169 Å². The van der Waals surface area contributed by atoms with Gasteiger partial charge in [-0.1, -0.05) is 44.2 Å². The Morgan fingerprint density at radius 1 is 1.03 bits per heavy atom. The molecular weight excluding hydrogens is 370 g/mol. The number of amides is 1. The number of nitrogens with zero attached hydrogens (tertiary/aromatic N) is 2. The van der Waals surface area contributed by atoms with E-state index >= 15 is 0 Å². The number of benzene rings is 2. The average molecular weight is 393 g/mol. The molecule has 7 heteroatoms. The van der Waals surface area contributed by atoms with Gasteiger partial charge < -0.3 is 14.8 Å². The Morgan fingerprint density at radius 3 is 2.41 bits per heavy atom. The summed E-state index contributed by atoms with van der Waals surface area (Å²) < 4.78 is 15.3. The maximum absolute atomic E-state index is 12.3. The Kier molecular flexibility index (Phi) is 6.29. The molecule has 0 saturated carbocycles. The maximum atomic E-state index is 12.3. The van der Waals surface area contributed by atoms with Crippen molar-refractivity contribution in [3.63, 3.8) is 0 Å². The van der Waals surface area contributed by atoms with Gasteiger partial charge in [0, 0.05) is 11.6 Å². The quantitative estimate of drug-likeness (QED) is 0.594. The van der Waals surface area contributed by atoms with Crippen molar-refractivity contribution in [2.45, 2.75) is 19.8 Å². The van der Waals surface area contributed by atoms with Crippen molar-refractivity contribution in [3.05, 3.63) is 59.7 Å². The van der Waals surface area contributed by atoms with Crippen LogP contribution < -0.4 is 14.8 Å². The van der Waals surface area contributed by atoms with E-state index in [1.807, 2.05) is 30.3 Å². The molecule has 7 nitrogen and oxygen atoms in total. The number of methoxy groups -OCH3 is 2. The second kappa shape index (κ2) is 9.05. The SMILES string of the molecule is COc1ccc(C=CC(=O)Nc2nonc2-c2ccc(C(C)C)cc2)cc1OC. The lowest BCUT2D eigenvalue weighted by Gasteiger charge is -2.07. The molecule has 0 atom stereocenters. The summed E-state index contributed by atoms with van der Waals surface area (Å²) in [4.78, 5) is 12.3. The van der Waals surface area contributed by atoms with Crippen LogP contribution in [0.1, 0.15) is 30.9 Å². The molecule has 0 aliphatic heterocycles. The van der Waals surface area contributed by atoms with Crippen molar-refractivity contribution in [2.75, 3.05) is 19.5 Å². The highest BCUT2D eigenvalue weighted by molar-refractivity contribution is 6.03.